The van der Waals surface area contributed by atoms with Crippen LogP contribution < -0.4 is 0 Å². The third-order valence-corrected chi connectivity index (χ3v) is 3.91. The second-order valence-electron chi connectivity index (χ2n) is 5.22. The van der Waals surface area contributed by atoms with Crippen molar-refractivity contribution in [2.45, 2.75) is 13.8 Å². The molecular weight excluding hydrogens is 290 g/mol. The summed E-state index contributed by atoms with van der Waals surface area (Å²) in [6.45, 7) is 4.07. The Morgan fingerprint density at radius 1 is 1.00 bits per heavy atom. The largest absolute Gasteiger partial charge is 0.297 e. The Bertz CT molecular complexity index is 856. The van der Waals surface area contributed by atoms with E-state index in [2.05, 4.69) is 29.1 Å². The summed E-state index contributed by atoms with van der Waals surface area (Å²) in [5.41, 5.74) is 5.12. The fraction of sp³-hybridized carbons (Fsp3) is 0.111. The van der Waals surface area contributed by atoms with Crippen molar-refractivity contribution in [3.8, 4) is 5.69 Å². The molecule has 110 valence electrons. The van der Waals surface area contributed by atoms with E-state index in [0.717, 1.165) is 27.3 Å². The van der Waals surface area contributed by atoms with Crippen LogP contribution >= 0.6 is 12.2 Å². The van der Waals surface area contributed by atoms with E-state index in [1.807, 2.05) is 60.3 Å². The standard InChI is InChI=1S/C18H17N3S/c1-13-8-10-15(11-9-13)19-12-17-14(2)20-21(18(17)22)16-6-4-3-5-7-16/h3-12,20H,1-2H3. The minimum atomic E-state index is 0.736. The Balaban J connectivity index is 1.97. The van der Waals surface area contributed by atoms with Gasteiger partial charge in [-0.25, -0.2) is 4.68 Å². The number of hydrogen-bond donors (Lipinski definition) is 1. The molecule has 0 radical (unpaired) electrons. The quantitative estimate of drug-likeness (QED) is 0.541. The molecule has 2 aromatic carbocycles. The first-order valence-electron chi connectivity index (χ1n) is 7.13. The summed E-state index contributed by atoms with van der Waals surface area (Å²) < 4.78 is 2.64. The number of nitrogens with one attached hydrogen (secondary N) is 1. The van der Waals surface area contributed by atoms with Gasteiger partial charge in [0, 0.05) is 11.9 Å². The van der Waals surface area contributed by atoms with Crippen molar-refractivity contribution in [2.24, 2.45) is 4.99 Å². The van der Waals surface area contributed by atoms with Gasteiger partial charge in [0.2, 0.25) is 0 Å². The Labute approximate surface area is 135 Å². The Morgan fingerprint density at radius 2 is 1.68 bits per heavy atom. The van der Waals surface area contributed by atoms with E-state index >= 15 is 0 Å². The van der Waals surface area contributed by atoms with Crippen LogP contribution in [0.15, 0.2) is 59.6 Å². The topological polar surface area (TPSA) is 33.1 Å². The van der Waals surface area contributed by atoms with Crippen LogP contribution in [0.1, 0.15) is 16.8 Å². The van der Waals surface area contributed by atoms with Crippen LogP contribution in [0, 0.1) is 18.5 Å². The molecule has 1 N–H and O–H groups in total. The van der Waals surface area contributed by atoms with Gasteiger partial charge in [-0.1, -0.05) is 48.1 Å². The molecule has 22 heavy (non-hydrogen) atoms. The van der Waals surface area contributed by atoms with E-state index in [1.54, 1.807) is 0 Å². The first kappa shape index (κ1) is 14.5. The summed E-state index contributed by atoms with van der Waals surface area (Å²) in [7, 11) is 0. The summed E-state index contributed by atoms with van der Waals surface area (Å²) in [5, 5.41) is 3.30. The third kappa shape index (κ3) is 2.92. The molecule has 1 aromatic heterocycles. The number of aromatic nitrogens is 2. The molecule has 0 amide bonds. The highest BCUT2D eigenvalue weighted by molar-refractivity contribution is 7.71. The van der Waals surface area contributed by atoms with Crippen molar-refractivity contribution in [3.05, 3.63) is 76.1 Å². The van der Waals surface area contributed by atoms with Gasteiger partial charge in [0.15, 0.2) is 0 Å². The SMILES string of the molecule is Cc1ccc(N=Cc2c(C)[nH]n(-c3ccccc3)c2=S)cc1. The smallest absolute Gasteiger partial charge is 0.136 e. The van der Waals surface area contributed by atoms with E-state index in [4.69, 9.17) is 12.2 Å². The van der Waals surface area contributed by atoms with E-state index in [1.165, 1.54) is 5.56 Å². The van der Waals surface area contributed by atoms with Crippen molar-refractivity contribution in [2.75, 3.05) is 0 Å². The van der Waals surface area contributed by atoms with Crippen LogP contribution in [-0.4, -0.2) is 16.0 Å². The molecule has 0 bridgehead atoms. The normalized spacial score (nSPS) is 11.2. The highest BCUT2D eigenvalue weighted by Gasteiger charge is 2.07. The van der Waals surface area contributed by atoms with Crippen LogP contribution in [0.3, 0.4) is 0 Å². The summed E-state index contributed by atoms with van der Waals surface area (Å²) in [6.07, 6.45) is 1.83. The highest BCUT2D eigenvalue weighted by Crippen LogP contribution is 2.16. The lowest BCUT2D eigenvalue weighted by molar-refractivity contribution is 0.853. The van der Waals surface area contributed by atoms with Crippen LogP contribution in [-0.2, 0) is 0 Å². The number of rotatable bonds is 3. The van der Waals surface area contributed by atoms with E-state index < -0.39 is 0 Å². The number of hydrogen-bond acceptors (Lipinski definition) is 2. The minimum absolute atomic E-state index is 0.736. The number of aromatic amines is 1. The van der Waals surface area contributed by atoms with Gasteiger partial charge < -0.3 is 0 Å². The van der Waals surface area contributed by atoms with Gasteiger partial charge in [-0.2, -0.15) is 0 Å². The number of aryl methyl sites for hydroxylation is 2. The molecule has 0 aliphatic heterocycles. The van der Waals surface area contributed by atoms with Gasteiger partial charge >= 0.3 is 0 Å². The maximum absolute atomic E-state index is 5.57. The van der Waals surface area contributed by atoms with Crippen LogP contribution in [0.2, 0.25) is 0 Å². The minimum Gasteiger partial charge on any atom is -0.297 e. The van der Waals surface area contributed by atoms with Gasteiger partial charge in [-0.05, 0) is 38.1 Å². The Morgan fingerprint density at radius 3 is 2.36 bits per heavy atom. The van der Waals surface area contributed by atoms with Gasteiger partial charge in [0.05, 0.1) is 16.9 Å². The molecule has 0 saturated heterocycles. The van der Waals surface area contributed by atoms with Gasteiger partial charge in [0.25, 0.3) is 0 Å². The average Bonchev–Trinajstić information content (AvgIpc) is 2.82. The lowest BCUT2D eigenvalue weighted by Crippen LogP contribution is -1.95. The second kappa shape index (κ2) is 6.12. The second-order valence-corrected chi connectivity index (χ2v) is 5.61. The van der Waals surface area contributed by atoms with Gasteiger partial charge in [-0.15, -0.1) is 0 Å². The lowest BCUT2D eigenvalue weighted by Gasteiger charge is -2.01. The number of H-pyrrole nitrogens is 1. The average molecular weight is 307 g/mol. The first-order valence-corrected chi connectivity index (χ1v) is 7.54. The zero-order valence-electron chi connectivity index (χ0n) is 12.6. The number of nitrogens with zero attached hydrogens (tertiary/aromatic N) is 2. The van der Waals surface area contributed by atoms with E-state index in [0.29, 0.717) is 0 Å². The highest BCUT2D eigenvalue weighted by atomic mass is 32.1. The summed E-state index contributed by atoms with van der Waals surface area (Å²) in [4.78, 5) is 4.52. The molecule has 0 unspecified atom stereocenters. The summed E-state index contributed by atoms with van der Waals surface area (Å²) in [5.74, 6) is 0. The number of aliphatic imine (C=N–C) groups is 1. The molecule has 3 aromatic rings. The molecule has 0 aliphatic rings. The van der Waals surface area contributed by atoms with Gasteiger partial charge in [-0.3, -0.25) is 10.1 Å². The summed E-state index contributed by atoms with van der Waals surface area (Å²) >= 11 is 5.57. The fourth-order valence-corrected chi connectivity index (χ4v) is 2.60. The van der Waals surface area contributed by atoms with E-state index in [9.17, 15) is 0 Å². The zero-order valence-corrected chi connectivity index (χ0v) is 13.4. The monoisotopic (exact) mass is 307 g/mol. The summed E-state index contributed by atoms with van der Waals surface area (Å²) in [6, 6.07) is 18.1. The third-order valence-electron chi connectivity index (χ3n) is 3.51. The molecule has 3 nitrogen and oxygen atoms in total. The van der Waals surface area contributed by atoms with Crippen LogP contribution in [0.5, 0.6) is 0 Å². The van der Waals surface area contributed by atoms with Crippen molar-refractivity contribution in [1.29, 1.82) is 0 Å². The van der Waals surface area contributed by atoms with Gasteiger partial charge in [0.1, 0.15) is 4.64 Å². The molecule has 0 aliphatic carbocycles. The number of para-hydroxylation sites is 1. The Kier molecular flexibility index (Phi) is 4.02. The molecule has 0 atom stereocenters. The molecule has 4 heteroatoms. The van der Waals surface area contributed by atoms with E-state index in [-0.39, 0.29) is 0 Å². The zero-order chi connectivity index (χ0) is 15.5. The number of benzene rings is 2. The molecule has 1 heterocycles. The molecular formula is C18H17N3S. The van der Waals surface area contributed by atoms with Crippen molar-refractivity contribution < 1.29 is 0 Å². The Hall–Kier alpha value is -2.46. The van der Waals surface area contributed by atoms with Crippen LogP contribution in [0.25, 0.3) is 5.69 Å². The van der Waals surface area contributed by atoms with Crippen molar-refractivity contribution in [3.63, 3.8) is 0 Å². The maximum atomic E-state index is 5.57. The molecule has 3 rings (SSSR count). The lowest BCUT2D eigenvalue weighted by atomic mass is 10.2. The fourth-order valence-electron chi connectivity index (χ4n) is 2.24. The van der Waals surface area contributed by atoms with Crippen molar-refractivity contribution in [1.82, 2.24) is 9.78 Å². The molecule has 0 fully saturated rings. The van der Waals surface area contributed by atoms with Crippen LogP contribution in [0.4, 0.5) is 5.69 Å². The predicted octanol–water partition coefficient (Wildman–Crippen LogP) is 4.90. The molecule has 0 spiro atoms. The maximum Gasteiger partial charge on any atom is 0.136 e. The predicted molar refractivity (Wildman–Crippen MR) is 94.1 cm³/mol. The van der Waals surface area contributed by atoms with Crippen molar-refractivity contribution >= 4 is 24.1 Å². The first-order chi connectivity index (χ1) is 10.6. The molecule has 0 saturated carbocycles.